The number of nitrogens with two attached hydrogens (primary N) is 1. The number of amides is 1. The summed E-state index contributed by atoms with van der Waals surface area (Å²) in [6.45, 7) is 5.84. The zero-order valence-electron chi connectivity index (χ0n) is 11.2. The van der Waals surface area contributed by atoms with Crippen molar-refractivity contribution >= 4 is 21.8 Å². The second-order valence-electron chi connectivity index (χ2n) is 4.58. The Morgan fingerprint density at radius 3 is 2.44 bits per heavy atom. The number of hydrogen-bond acceptors (Lipinski definition) is 2. The molecule has 1 rings (SSSR count). The lowest BCUT2D eigenvalue weighted by Gasteiger charge is -2.27. The molecule has 0 aromatic heterocycles. The maximum Gasteiger partial charge on any atom is 0.240 e. The Hall–Kier alpha value is -0.870. The lowest BCUT2D eigenvalue weighted by molar-refractivity contribution is -0.127. The van der Waals surface area contributed by atoms with E-state index in [1.807, 2.05) is 45.0 Å². The zero-order chi connectivity index (χ0) is 13.8. The number of hydrogen-bond donors (Lipinski definition) is 2. The van der Waals surface area contributed by atoms with Crippen molar-refractivity contribution in [2.45, 2.75) is 45.2 Å². The first-order valence-corrected chi connectivity index (χ1v) is 7.08. The Morgan fingerprint density at radius 2 is 1.94 bits per heavy atom. The standard InChI is InChI=1S/C14H21BrN2O/c1-4-14(16,5-2)13(18)17-10(3)11-8-6-7-9-12(11)15/h6-10H,4-5,16H2,1-3H3,(H,17,18)/t10-/m0/s1. The van der Waals surface area contributed by atoms with Crippen LogP contribution in [0.1, 0.15) is 45.2 Å². The second-order valence-corrected chi connectivity index (χ2v) is 5.43. The SMILES string of the molecule is CCC(N)(CC)C(=O)N[C@@H](C)c1ccccc1Br. The van der Waals surface area contributed by atoms with Gasteiger partial charge in [-0.15, -0.1) is 0 Å². The molecule has 0 heterocycles. The van der Waals surface area contributed by atoms with E-state index < -0.39 is 5.54 Å². The highest BCUT2D eigenvalue weighted by Gasteiger charge is 2.30. The molecular weight excluding hydrogens is 292 g/mol. The number of benzene rings is 1. The Bertz CT molecular complexity index is 416. The van der Waals surface area contributed by atoms with Gasteiger partial charge in [0.25, 0.3) is 0 Å². The lowest BCUT2D eigenvalue weighted by Crippen LogP contribution is -2.53. The minimum atomic E-state index is -0.768. The van der Waals surface area contributed by atoms with Gasteiger partial charge in [-0.3, -0.25) is 4.79 Å². The van der Waals surface area contributed by atoms with Crippen molar-refractivity contribution in [3.05, 3.63) is 34.3 Å². The molecule has 100 valence electrons. The monoisotopic (exact) mass is 312 g/mol. The van der Waals surface area contributed by atoms with E-state index in [0.717, 1.165) is 10.0 Å². The largest absolute Gasteiger partial charge is 0.348 e. The highest BCUT2D eigenvalue weighted by molar-refractivity contribution is 9.10. The first-order chi connectivity index (χ1) is 8.44. The van der Waals surface area contributed by atoms with Crippen molar-refractivity contribution in [2.24, 2.45) is 5.73 Å². The average Bonchev–Trinajstić information content (AvgIpc) is 2.38. The van der Waals surface area contributed by atoms with Gasteiger partial charge in [-0.05, 0) is 31.4 Å². The van der Waals surface area contributed by atoms with Gasteiger partial charge in [-0.1, -0.05) is 48.0 Å². The van der Waals surface area contributed by atoms with Crippen LogP contribution < -0.4 is 11.1 Å². The summed E-state index contributed by atoms with van der Waals surface area (Å²) >= 11 is 3.49. The van der Waals surface area contributed by atoms with Gasteiger partial charge in [0, 0.05) is 4.47 Å². The number of rotatable bonds is 5. The van der Waals surface area contributed by atoms with Gasteiger partial charge in [0.15, 0.2) is 0 Å². The summed E-state index contributed by atoms with van der Waals surface area (Å²) in [6.07, 6.45) is 1.27. The lowest BCUT2D eigenvalue weighted by atomic mass is 9.92. The number of halogens is 1. The van der Waals surface area contributed by atoms with Crippen LogP contribution in [0.2, 0.25) is 0 Å². The molecule has 0 aliphatic carbocycles. The number of carbonyl (C=O) groups excluding carboxylic acids is 1. The van der Waals surface area contributed by atoms with Gasteiger partial charge in [0.1, 0.15) is 0 Å². The molecule has 0 unspecified atom stereocenters. The third-order valence-electron chi connectivity index (χ3n) is 3.43. The maximum atomic E-state index is 12.2. The van der Waals surface area contributed by atoms with Crippen LogP contribution in [0.25, 0.3) is 0 Å². The van der Waals surface area contributed by atoms with Gasteiger partial charge in [-0.25, -0.2) is 0 Å². The van der Waals surface area contributed by atoms with E-state index in [4.69, 9.17) is 5.73 Å². The molecular formula is C14H21BrN2O. The van der Waals surface area contributed by atoms with Gasteiger partial charge < -0.3 is 11.1 Å². The Labute approximate surface area is 117 Å². The summed E-state index contributed by atoms with van der Waals surface area (Å²) in [5, 5.41) is 2.99. The van der Waals surface area contributed by atoms with Crippen LogP contribution in [-0.4, -0.2) is 11.4 Å². The van der Waals surface area contributed by atoms with E-state index in [-0.39, 0.29) is 11.9 Å². The third-order valence-corrected chi connectivity index (χ3v) is 4.16. The van der Waals surface area contributed by atoms with Gasteiger partial charge in [0.05, 0.1) is 11.6 Å². The second kappa shape index (κ2) is 6.34. The van der Waals surface area contributed by atoms with Crippen molar-refractivity contribution in [1.82, 2.24) is 5.32 Å². The third kappa shape index (κ3) is 3.33. The molecule has 0 spiro atoms. The van der Waals surface area contributed by atoms with Crippen molar-refractivity contribution in [2.75, 3.05) is 0 Å². The molecule has 3 nitrogen and oxygen atoms in total. The molecule has 18 heavy (non-hydrogen) atoms. The van der Waals surface area contributed by atoms with Crippen LogP contribution in [0.5, 0.6) is 0 Å². The van der Waals surface area contributed by atoms with E-state index in [1.54, 1.807) is 0 Å². The molecule has 4 heteroatoms. The van der Waals surface area contributed by atoms with Crippen LogP contribution in [-0.2, 0) is 4.79 Å². The highest BCUT2D eigenvalue weighted by atomic mass is 79.9. The molecule has 0 radical (unpaired) electrons. The minimum Gasteiger partial charge on any atom is -0.348 e. The Morgan fingerprint density at radius 1 is 1.39 bits per heavy atom. The predicted molar refractivity (Wildman–Crippen MR) is 78.2 cm³/mol. The first-order valence-electron chi connectivity index (χ1n) is 6.29. The van der Waals surface area contributed by atoms with Gasteiger partial charge in [-0.2, -0.15) is 0 Å². The number of carbonyl (C=O) groups is 1. The molecule has 0 fully saturated rings. The van der Waals surface area contributed by atoms with Crippen LogP contribution in [0, 0.1) is 0 Å². The van der Waals surface area contributed by atoms with E-state index in [1.165, 1.54) is 0 Å². The summed E-state index contributed by atoms with van der Waals surface area (Å²) in [6, 6.07) is 7.80. The first kappa shape index (κ1) is 15.2. The van der Waals surface area contributed by atoms with Crippen molar-refractivity contribution < 1.29 is 4.79 Å². The minimum absolute atomic E-state index is 0.0610. The van der Waals surface area contributed by atoms with Crippen molar-refractivity contribution in [3.8, 4) is 0 Å². The molecule has 1 amide bonds. The molecule has 0 aliphatic rings. The highest BCUT2D eigenvalue weighted by Crippen LogP contribution is 2.23. The van der Waals surface area contributed by atoms with Gasteiger partial charge >= 0.3 is 0 Å². The normalized spacial score (nSPS) is 13.2. The predicted octanol–water partition coefficient (Wildman–Crippen LogP) is 3.14. The number of nitrogens with one attached hydrogen (secondary N) is 1. The fourth-order valence-electron chi connectivity index (χ4n) is 1.82. The van der Waals surface area contributed by atoms with Crippen molar-refractivity contribution in [1.29, 1.82) is 0 Å². The molecule has 0 bridgehead atoms. The summed E-state index contributed by atoms with van der Waals surface area (Å²) < 4.78 is 0.994. The van der Waals surface area contributed by atoms with Gasteiger partial charge in [0.2, 0.25) is 5.91 Å². The summed E-state index contributed by atoms with van der Waals surface area (Å²) in [5.74, 6) is -0.0873. The average molecular weight is 313 g/mol. The summed E-state index contributed by atoms with van der Waals surface area (Å²) in [7, 11) is 0. The molecule has 1 aromatic rings. The molecule has 0 saturated carbocycles. The molecule has 1 atom stereocenters. The molecule has 1 aromatic carbocycles. The van der Waals surface area contributed by atoms with E-state index in [9.17, 15) is 4.79 Å². The topological polar surface area (TPSA) is 55.1 Å². The van der Waals surface area contributed by atoms with E-state index in [0.29, 0.717) is 12.8 Å². The Balaban J connectivity index is 2.80. The fourth-order valence-corrected chi connectivity index (χ4v) is 2.44. The maximum absolute atomic E-state index is 12.2. The fraction of sp³-hybridized carbons (Fsp3) is 0.500. The molecule has 0 aliphatic heterocycles. The van der Waals surface area contributed by atoms with Crippen LogP contribution in [0.3, 0.4) is 0 Å². The smallest absolute Gasteiger partial charge is 0.240 e. The molecule has 0 saturated heterocycles. The summed E-state index contributed by atoms with van der Waals surface area (Å²) in [5.41, 5.74) is 6.37. The van der Waals surface area contributed by atoms with Crippen LogP contribution in [0.4, 0.5) is 0 Å². The van der Waals surface area contributed by atoms with E-state index >= 15 is 0 Å². The molecule has 3 N–H and O–H groups in total. The quantitative estimate of drug-likeness (QED) is 0.877. The van der Waals surface area contributed by atoms with E-state index in [2.05, 4.69) is 21.2 Å². The Kier molecular flexibility index (Phi) is 5.35. The van der Waals surface area contributed by atoms with Crippen molar-refractivity contribution in [3.63, 3.8) is 0 Å². The summed E-state index contributed by atoms with van der Waals surface area (Å²) in [4.78, 5) is 12.2. The van der Waals surface area contributed by atoms with Crippen LogP contribution in [0.15, 0.2) is 28.7 Å². The zero-order valence-corrected chi connectivity index (χ0v) is 12.8. The van der Waals surface area contributed by atoms with Crippen LogP contribution >= 0.6 is 15.9 Å².